The first kappa shape index (κ1) is 21.6. The number of hydroxylamine groups is 3. The van der Waals surface area contributed by atoms with Gasteiger partial charge in [0.05, 0.1) is 5.56 Å². The Balaban J connectivity index is 1.90. The van der Waals surface area contributed by atoms with Gasteiger partial charge in [0.2, 0.25) is 0 Å². The van der Waals surface area contributed by atoms with Gasteiger partial charge < -0.3 is 0 Å². The van der Waals surface area contributed by atoms with E-state index in [9.17, 15) is 9.59 Å². The molecule has 2 atom stereocenters. The average Bonchev–Trinajstić information content (AvgIpc) is 2.83. The summed E-state index contributed by atoms with van der Waals surface area (Å²) in [5.41, 5.74) is 1.53. The fourth-order valence-corrected chi connectivity index (χ4v) is 7.58. The van der Waals surface area contributed by atoms with Crippen LogP contribution in [0.5, 0.6) is 0 Å². The number of hydrogen-bond donors (Lipinski definition) is 0. The van der Waals surface area contributed by atoms with Gasteiger partial charge in [0, 0.05) is 5.56 Å². The molecule has 4 rings (SSSR count). The van der Waals surface area contributed by atoms with E-state index >= 15 is 0 Å². The summed E-state index contributed by atoms with van der Waals surface area (Å²) < 4.78 is 6.30. The lowest BCUT2D eigenvalue weighted by molar-refractivity contribution is -1.00. The molecule has 0 aliphatic carbocycles. The smallest absolute Gasteiger partial charge is 0.241 e. The van der Waals surface area contributed by atoms with Gasteiger partial charge in [0.15, 0.2) is 6.04 Å². The molecule has 0 aromatic heterocycles. The number of benzene rings is 3. The quantitative estimate of drug-likeness (QED) is 0.188. The Morgan fingerprint density at radius 3 is 2.16 bits per heavy atom. The summed E-state index contributed by atoms with van der Waals surface area (Å²) in [6.07, 6.45) is 0.314. The lowest BCUT2D eigenvalue weighted by Crippen LogP contribution is -2.70. The summed E-state index contributed by atoms with van der Waals surface area (Å²) in [7, 11) is -2.27. The molecule has 2 amide bonds. The van der Waals surface area contributed by atoms with Crippen LogP contribution in [0.15, 0.2) is 72.8 Å². The summed E-state index contributed by atoms with van der Waals surface area (Å²) in [5.74, 6) is -0.388. The highest BCUT2D eigenvalue weighted by atomic mass is 28.4. The van der Waals surface area contributed by atoms with Gasteiger partial charge in [-0.2, -0.15) is 0 Å². The molecule has 3 aromatic rings. The minimum Gasteiger partial charge on any atom is -0.241 e. The van der Waals surface area contributed by atoms with Crippen LogP contribution >= 0.6 is 0 Å². The number of hydrogen-bond acceptors (Lipinski definition) is 3. The lowest BCUT2D eigenvalue weighted by Gasteiger charge is -2.48. The number of carbonyl (C=O) groups excluding carboxylic acids is 2. The van der Waals surface area contributed by atoms with Gasteiger partial charge in [-0.3, -0.25) is 0 Å². The SMILES string of the molecule is CC[Si](CC)(CC)O[N@@+]1(C(=O)c2ccccc2)C(=O)C[C@H]1c1cccc2ccccc12. The van der Waals surface area contributed by atoms with Crippen LogP contribution in [0.4, 0.5) is 0 Å². The topological polar surface area (TPSA) is 43.4 Å². The molecule has 1 heterocycles. The van der Waals surface area contributed by atoms with Crippen molar-refractivity contribution in [3.8, 4) is 0 Å². The van der Waals surface area contributed by atoms with Crippen molar-refractivity contribution in [1.82, 2.24) is 0 Å². The number of likely N-dealkylation sites (tertiary alicyclic amines) is 1. The summed E-state index contributed by atoms with van der Waals surface area (Å²) in [6.45, 7) is 6.37. The molecule has 160 valence electrons. The molecule has 4 nitrogen and oxygen atoms in total. The Morgan fingerprint density at radius 2 is 1.52 bits per heavy atom. The lowest BCUT2D eigenvalue weighted by atomic mass is 9.88. The largest absolute Gasteiger partial charge is 0.385 e. The van der Waals surface area contributed by atoms with E-state index in [-0.39, 0.29) is 17.9 Å². The van der Waals surface area contributed by atoms with Crippen molar-refractivity contribution in [2.45, 2.75) is 51.4 Å². The van der Waals surface area contributed by atoms with Crippen molar-refractivity contribution >= 4 is 30.9 Å². The Morgan fingerprint density at radius 1 is 0.903 bits per heavy atom. The van der Waals surface area contributed by atoms with Gasteiger partial charge in [-0.1, -0.05) is 86.1 Å². The molecule has 0 spiro atoms. The van der Waals surface area contributed by atoms with Crippen LogP contribution in [-0.4, -0.2) is 24.8 Å². The van der Waals surface area contributed by atoms with E-state index in [0.717, 1.165) is 34.5 Å². The molecule has 31 heavy (non-hydrogen) atoms. The minimum atomic E-state index is -2.27. The van der Waals surface area contributed by atoms with Gasteiger partial charge in [-0.05, 0) is 41.0 Å². The Hall–Kier alpha value is -2.60. The van der Waals surface area contributed by atoms with Crippen molar-refractivity contribution < 1.29 is 18.8 Å². The highest BCUT2D eigenvalue weighted by molar-refractivity contribution is 6.73. The maximum Gasteiger partial charge on any atom is 0.385 e. The van der Waals surface area contributed by atoms with E-state index in [1.54, 1.807) is 12.1 Å². The summed E-state index contributed by atoms with van der Waals surface area (Å²) in [5, 5.41) is 2.18. The first-order chi connectivity index (χ1) is 15.0. The zero-order valence-corrected chi connectivity index (χ0v) is 19.5. The van der Waals surface area contributed by atoms with Gasteiger partial charge in [0.25, 0.3) is 8.32 Å². The van der Waals surface area contributed by atoms with E-state index in [1.165, 1.54) is 0 Å². The second-order valence-electron chi connectivity index (χ2n) is 8.35. The minimum absolute atomic E-state index is 0.140. The molecule has 0 unspecified atom stereocenters. The number of imide groups is 1. The van der Waals surface area contributed by atoms with Crippen molar-refractivity contribution in [3.05, 3.63) is 83.9 Å². The second-order valence-corrected chi connectivity index (χ2v) is 13.0. The molecule has 0 N–H and O–H groups in total. The predicted octanol–water partition coefficient (Wildman–Crippen LogP) is 6.41. The number of quaternary nitrogens is 1. The summed E-state index contributed by atoms with van der Waals surface area (Å²) >= 11 is 0. The molecule has 0 bridgehead atoms. The van der Waals surface area contributed by atoms with Crippen LogP contribution in [0.2, 0.25) is 18.1 Å². The van der Waals surface area contributed by atoms with Crippen LogP contribution in [0.1, 0.15) is 49.2 Å². The molecule has 3 aromatic carbocycles. The van der Waals surface area contributed by atoms with Crippen LogP contribution < -0.4 is 0 Å². The maximum atomic E-state index is 14.0. The van der Waals surface area contributed by atoms with Crippen LogP contribution in [0.3, 0.4) is 0 Å². The Labute approximate surface area is 185 Å². The first-order valence-corrected chi connectivity index (χ1v) is 13.7. The summed E-state index contributed by atoms with van der Waals surface area (Å²) in [6, 6.07) is 25.7. The van der Waals surface area contributed by atoms with Crippen molar-refractivity contribution in [3.63, 3.8) is 0 Å². The monoisotopic (exact) mass is 432 g/mol. The molecule has 1 fully saturated rings. The van der Waals surface area contributed by atoms with Gasteiger partial charge in [-0.25, -0.2) is 14.1 Å². The third-order valence-corrected chi connectivity index (χ3v) is 11.5. The molecular weight excluding hydrogens is 402 g/mol. The van der Waals surface area contributed by atoms with Crippen molar-refractivity contribution in [2.24, 2.45) is 0 Å². The van der Waals surface area contributed by atoms with Crippen molar-refractivity contribution in [2.75, 3.05) is 0 Å². The molecule has 1 aliphatic rings. The van der Waals surface area contributed by atoms with Gasteiger partial charge >= 0.3 is 11.8 Å². The van der Waals surface area contributed by atoms with E-state index < -0.39 is 13.0 Å². The van der Waals surface area contributed by atoms with Gasteiger partial charge in [0.1, 0.15) is 6.42 Å². The maximum absolute atomic E-state index is 14.0. The number of rotatable bonds is 7. The fraction of sp³-hybridized carbons (Fsp3) is 0.308. The zero-order valence-electron chi connectivity index (χ0n) is 18.5. The molecule has 1 aliphatic heterocycles. The molecular formula is C26H30NO3Si+. The average molecular weight is 433 g/mol. The first-order valence-electron chi connectivity index (χ1n) is 11.2. The number of carbonyl (C=O) groups is 2. The van der Waals surface area contributed by atoms with Crippen LogP contribution in [-0.2, 0) is 9.32 Å². The standard InChI is InChI=1S/C26H30NO3Si/c1-4-31(5-2,6-3)30-27(26(29)21-14-8-7-9-15-21)24(19-25(27)28)23-18-12-16-20-13-10-11-17-22(20)23/h7-18,24H,4-6,19H2,1-3H3/q+1/t24-,27+/m0/s1. The normalized spacial score (nSPS) is 21.1. The number of amides is 2. The Kier molecular flexibility index (Phi) is 5.93. The zero-order chi connectivity index (χ0) is 22.1. The molecule has 0 saturated carbocycles. The van der Waals surface area contributed by atoms with Crippen LogP contribution in [0, 0.1) is 0 Å². The Bertz CT molecular complexity index is 1100. The predicted molar refractivity (Wildman–Crippen MR) is 126 cm³/mol. The fourth-order valence-electron chi connectivity index (χ4n) is 4.77. The van der Waals surface area contributed by atoms with E-state index in [4.69, 9.17) is 4.53 Å². The number of fused-ring (bicyclic) bond motifs is 1. The van der Waals surface area contributed by atoms with E-state index in [1.807, 2.05) is 42.5 Å². The van der Waals surface area contributed by atoms with Gasteiger partial charge in [-0.15, -0.1) is 0 Å². The third-order valence-electron chi connectivity index (χ3n) is 6.95. The van der Waals surface area contributed by atoms with Crippen molar-refractivity contribution in [1.29, 1.82) is 0 Å². The highest BCUT2D eigenvalue weighted by Gasteiger charge is 2.67. The summed E-state index contributed by atoms with van der Waals surface area (Å²) in [4.78, 5) is 27.3. The number of β-lactam (4-membered cyclic amide) rings is 1. The molecule has 0 radical (unpaired) electrons. The van der Waals surface area contributed by atoms with E-state index in [2.05, 4.69) is 39.0 Å². The molecule has 1 saturated heterocycles. The third kappa shape index (κ3) is 3.47. The van der Waals surface area contributed by atoms with Crippen LogP contribution in [0.25, 0.3) is 10.8 Å². The number of nitrogens with zero attached hydrogens (tertiary/aromatic N) is 1. The van der Waals surface area contributed by atoms with E-state index in [0.29, 0.717) is 12.0 Å². The second kappa shape index (κ2) is 8.50. The highest BCUT2D eigenvalue weighted by Crippen LogP contribution is 2.49. The molecule has 5 heteroatoms.